The summed E-state index contributed by atoms with van der Waals surface area (Å²) in [5.74, 6) is 0. The molecule has 0 radical (unpaired) electrons. The molecule has 0 aromatic heterocycles. The number of hydrogen-bond donors (Lipinski definition) is 1. The van der Waals surface area contributed by atoms with Gasteiger partial charge < -0.3 is 5.11 Å². The molecule has 0 spiro atoms. The second-order valence-corrected chi connectivity index (χ2v) is 11.8. The van der Waals surface area contributed by atoms with Crippen LogP contribution in [0.2, 0.25) is 0 Å². The summed E-state index contributed by atoms with van der Waals surface area (Å²) < 4.78 is 24.1. The van der Waals surface area contributed by atoms with Crippen molar-refractivity contribution in [2.24, 2.45) is 0 Å². The van der Waals surface area contributed by atoms with Crippen molar-refractivity contribution >= 4 is 21.5 Å². The molecule has 156 valence electrons. The van der Waals surface area contributed by atoms with Crippen molar-refractivity contribution in [2.75, 3.05) is 0 Å². The molecule has 3 nitrogen and oxygen atoms in total. The molecule has 0 bridgehead atoms. The molecule has 2 aromatic carbocycles. The van der Waals surface area contributed by atoms with E-state index in [2.05, 4.69) is 58.9 Å². The number of aliphatic hydroxyl groups excluding tert-OH is 1. The molecule has 1 unspecified atom stereocenters. The topological polar surface area (TPSA) is 54.4 Å². The lowest BCUT2D eigenvalue weighted by atomic mass is 9.63. The Morgan fingerprint density at radius 1 is 0.966 bits per heavy atom. The van der Waals surface area contributed by atoms with Crippen molar-refractivity contribution in [1.82, 2.24) is 0 Å². The summed E-state index contributed by atoms with van der Waals surface area (Å²) in [6, 6.07) is 13.5. The fraction of sp³-hybridized carbons (Fsp3) is 0.440. The maximum absolute atomic E-state index is 12.1. The lowest BCUT2D eigenvalue weighted by molar-refractivity contribution is 0.268. The number of aliphatic hydroxyl groups is 1. The highest BCUT2D eigenvalue weighted by Gasteiger charge is 2.36. The molecule has 29 heavy (non-hydrogen) atoms. The normalized spacial score (nSPS) is 19.5. The van der Waals surface area contributed by atoms with Crippen molar-refractivity contribution in [2.45, 2.75) is 75.5 Å². The predicted octanol–water partition coefficient (Wildman–Crippen LogP) is 5.71. The van der Waals surface area contributed by atoms with Gasteiger partial charge in [-0.25, -0.2) is 8.42 Å². The summed E-state index contributed by atoms with van der Waals surface area (Å²) >= 11 is 0. The van der Waals surface area contributed by atoms with Gasteiger partial charge in [0, 0.05) is 0 Å². The van der Waals surface area contributed by atoms with Crippen LogP contribution >= 0.6 is 0 Å². The Morgan fingerprint density at radius 2 is 1.52 bits per heavy atom. The maximum atomic E-state index is 12.1. The molecule has 1 atom stereocenters. The van der Waals surface area contributed by atoms with Crippen LogP contribution in [0.5, 0.6) is 0 Å². The van der Waals surface area contributed by atoms with E-state index in [0.29, 0.717) is 0 Å². The number of benzene rings is 2. The van der Waals surface area contributed by atoms with Crippen LogP contribution < -0.4 is 0 Å². The molecule has 3 rings (SSSR count). The Balaban J connectivity index is 1.95. The van der Waals surface area contributed by atoms with E-state index in [1.807, 2.05) is 0 Å². The number of fused-ring (bicyclic) bond motifs is 1. The van der Waals surface area contributed by atoms with Gasteiger partial charge in [-0.2, -0.15) is 0 Å². The van der Waals surface area contributed by atoms with Gasteiger partial charge in [0.05, 0.1) is 4.90 Å². The van der Waals surface area contributed by atoms with E-state index in [-0.39, 0.29) is 15.7 Å². The number of rotatable bonds is 4. The van der Waals surface area contributed by atoms with Crippen LogP contribution in [0, 0.1) is 0 Å². The van der Waals surface area contributed by atoms with Gasteiger partial charge in [0.2, 0.25) is 9.84 Å². The van der Waals surface area contributed by atoms with Crippen molar-refractivity contribution in [3.8, 4) is 0 Å². The summed E-state index contributed by atoms with van der Waals surface area (Å²) in [4.78, 5) is 0.139. The number of sulfone groups is 1. The molecule has 0 saturated heterocycles. The van der Waals surface area contributed by atoms with Crippen LogP contribution in [-0.4, -0.2) is 19.0 Å². The Kier molecular flexibility index (Phi) is 5.57. The standard InChI is InChI=1S/C25H32O3S/c1-17(15-19-7-10-21(11-8-19)29(27,28)18(2)26)20-9-12-22-23(16-20)25(5,6)14-13-24(22,3)4/h7-12,15-16,18,26H,13-14H2,1-6H3. The van der Waals surface area contributed by atoms with Crippen molar-refractivity contribution in [3.05, 3.63) is 64.7 Å². The van der Waals surface area contributed by atoms with Gasteiger partial charge in [0.15, 0.2) is 5.44 Å². The molecule has 0 aliphatic heterocycles. The van der Waals surface area contributed by atoms with E-state index in [4.69, 9.17) is 0 Å². The second kappa shape index (κ2) is 7.41. The molecule has 2 aromatic rings. The lowest BCUT2D eigenvalue weighted by Crippen LogP contribution is -2.33. The first-order valence-electron chi connectivity index (χ1n) is 10.2. The van der Waals surface area contributed by atoms with Crippen LogP contribution in [0.15, 0.2) is 47.4 Å². The quantitative estimate of drug-likeness (QED) is 0.655. The fourth-order valence-electron chi connectivity index (χ4n) is 4.12. The molecular weight excluding hydrogens is 380 g/mol. The molecule has 4 heteroatoms. The smallest absolute Gasteiger partial charge is 0.204 e. The second-order valence-electron chi connectivity index (χ2n) is 9.57. The van der Waals surface area contributed by atoms with Crippen LogP contribution in [-0.2, 0) is 20.7 Å². The molecular formula is C25H32O3S. The largest absolute Gasteiger partial charge is 0.377 e. The summed E-state index contributed by atoms with van der Waals surface area (Å²) in [6.07, 6.45) is 4.45. The van der Waals surface area contributed by atoms with Crippen LogP contribution in [0.25, 0.3) is 11.6 Å². The third kappa shape index (κ3) is 4.19. The van der Waals surface area contributed by atoms with Gasteiger partial charge in [0.25, 0.3) is 0 Å². The Bertz CT molecular complexity index is 1040. The third-order valence-electron chi connectivity index (χ3n) is 6.35. The van der Waals surface area contributed by atoms with Gasteiger partial charge >= 0.3 is 0 Å². The summed E-state index contributed by atoms with van der Waals surface area (Å²) in [7, 11) is -3.67. The monoisotopic (exact) mass is 412 g/mol. The fourth-order valence-corrected chi connectivity index (χ4v) is 5.03. The van der Waals surface area contributed by atoms with E-state index in [9.17, 15) is 13.5 Å². The molecule has 0 fully saturated rings. The average molecular weight is 413 g/mol. The molecule has 1 aliphatic carbocycles. The van der Waals surface area contributed by atoms with Gasteiger partial charge in [0.1, 0.15) is 0 Å². The summed E-state index contributed by atoms with van der Waals surface area (Å²) in [6.45, 7) is 12.7. The van der Waals surface area contributed by atoms with Crippen molar-refractivity contribution < 1.29 is 13.5 Å². The minimum atomic E-state index is -3.67. The number of allylic oxidation sites excluding steroid dienone is 1. The van der Waals surface area contributed by atoms with E-state index in [0.717, 1.165) is 11.1 Å². The van der Waals surface area contributed by atoms with Crippen LogP contribution in [0.1, 0.15) is 76.6 Å². The molecule has 0 amide bonds. The highest BCUT2D eigenvalue weighted by Crippen LogP contribution is 2.46. The third-order valence-corrected chi connectivity index (χ3v) is 8.18. The molecule has 0 heterocycles. The van der Waals surface area contributed by atoms with E-state index in [1.54, 1.807) is 24.3 Å². The zero-order valence-electron chi connectivity index (χ0n) is 18.3. The first-order valence-corrected chi connectivity index (χ1v) is 11.7. The zero-order chi connectivity index (χ0) is 21.6. The highest BCUT2D eigenvalue weighted by molar-refractivity contribution is 7.91. The zero-order valence-corrected chi connectivity index (χ0v) is 19.1. The Labute approximate surface area is 175 Å². The number of hydrogen-bond acceptors (Lipinski definition) is 3. The van der Waals surface area contributed by atoms with Crippen LogP contribution in [0.3, 0.4) is 0 Å². The Hall–Kier alpha value is -1.91. The molecule has 1 aliphatic rings. The lowest BCUT2D eigenvalue weighted by Gasteiger charge is -2.42. The molecule has 0 saturated carbocycles. The van der Waals surface area contributed by atoms with Crippen molar-refractivity contribution in [3.63, 3.8) is 0 Å². The van der Waals surface area contributed by atoms with Gasteiger partial charge in [-0.1, -0.05) is 64.1 Å². The Morgan fingerprint density at radius 3 is 2.07 bits per heavy atom. The minimum absolute atomic E-state index is 0.139. The van der Waals surface area contributed by atoms with Crippen LogP contribution in [0.4, 0.5) is 0 Å². The SMILES string of the molecule is CC(=Cc1ccc(S(=O)(=O)C(C)O)cc1)c1ccc2c(c1)C(C)(C)CCC2(C)C. The first kappa shape index (κ1) is 21.8. The summed E-state index contributed by atoms with van der Waals surface area (Å²) in [5, 5.41) is 9.47. The van der Waals surface area contributed by atoms with Gasteiger partial charge in [-0.15, -0.1) is 0 Å². The maximum Gasteiger partial charge on any atom is 0.204 e. The van der Waals surface area contributed by atoms with E-state index in [1.165, 1.54) is 36.5 Å². The van der Waals surface area contributed by atoms with Gasteiger partial charge in [-0.3, -0.25) is 0 Å². The highest BCUT2D eigenvalue weighted by atomic mass is 32.2. The minimum Gasteiger partial charge on any atom is -0.377 e. The predicted molar refractivity (Wildman–Crippen MR) is 121 cm³/mol. The summed E-state index contributed by atoms with van der Waals surface area (Å²) in [5.41, 5.74) is 5.09. The van der Waals surface area contributed by atoms with Gasteiger partial charge in [-0.05, 0) is 77.5 Å². The van der Waals surface area contributed by atoms with E-state index < -0.39 is 15.3 Å². The van der Waals surface area contributed by atoms with Crippen molar-refractivity contribution in [1.29, 1.82) is 0 Å². The first-order chi connectivity index (χ1) is 13.3. The molecule has 1 N–H and O–H groups in total. The average Bonchev–Trinajstić information content (AvgIpc) is 2.65. The van der Waals surface area contributed by atoms with E-state index >= 15 is 0 Å².